The molecule has 0 unspecified atom stereocenters. The molecule has 0 aliphatic heterocycles. The number of unbranched alkanes of at least 4 members (excludes halogenated alkanes) is 1. The zero-order valence-corrected chi connectivity index (χ0v) is 6.86. The Morgan fingerprint density at radius 2 is 0.900 bits per heavy atom. The van der Waals surface area contributed by atoms with E-state index in [2.05, 4.69) is 13.8 Å². The van der Waals surface area contributed by atoms with Gasteiger partial charge in [0.05, 0.1) is 0 Å². The highest BCUT2D eigenvalue weighted by Crippen LogP contribution is 1.76. The Kier molecular flexibility index (Phi) is 51.9. The van der Waals surface area contributed by atoms with Crippen molar-refractivity contribution in [3.05, 3.63) is 0 Å². The SMILES string of the molecule is C.C.CCCC.CN(C)C. The molecule has 0 N–H and O–H groups in total. The molecule has 68 valence electrons. The summed E-state index contributed by atoms with van der Waals surface area (Å²) in [6.07, 6.45) is 2.64. The van der Waals surface area contributed by atoms with Crippen LogP contribution >= 0.6 is 0 Å². The van der Waals surface area contributed by atoms with Crippen LogP contribution in [0.3, 0.4) is 0 Å². The van der Waals surface area contributed by atoms with Gasteiger partial charge in [-0.25, -0.2) is 0 Å². The number of hydrogen-bond donors (Lipinski definition) is 0. The topological polar surface area (TPSA) is 3.24 Å². The van der Waals surface area contributed by atoms with E-state index in [0.29, 0.717) is 0 Å². The van der Waals surface area contributed by atoms with Crippen molar-refractivity contribution in [3.8, 4) is 0 Å². The Morgan fingerprint density at radius 1 is 0.800 bits per heavy atom. The smallest absolute Gasteiger partial charge is 0.0140 e. The minimum absolute atomic E-state index is 0. The van der Waals surface area contributed by atoms with Gasteiger partial charge in [0, 0.05) is 0 Å². The first-order valence-corrected chi connectivity index (χ1v) is 3.26. The minimum atomic E-state index is 0. The van der Waals surface area contributed by atoms with Gasteiger partial charge in [-0.1, -0.05) is 41.5 Å². The number of rotatable bonds is 1. The first-order valence-electron chi connectivity index (χ1n) is 3.26. The highest BCUT2D eigenvalue weighted by atomic mass is 15.0. The van der Waals surface area contributed by atoms with E-state index in [-0.39, 0.29) is 14.9 Å². The second-order valence-electron chi connectivity index (χ2n) is 2.34. The van der Waals surface area contributed by atoms with E-state index >= 15 is 0 Å². The molecule has 1 heteroatoms. The molecule has 10 heavy (non-hydrogen) atoms. The van der Waals surface area contributed by atoms with Crippen LogP contribution in [0.4, 0.5) is 0 Å². The predicted octanol–water partition coefficient (Wildman–Crippen LogP) is 3.26. The Balaban J connectivity index is -0.0000000300. The fraction of sp³-hybridized carbons (Fsp3) is 1.00. The van der Waals surface area contributed by atoms with Gasteiger partial charge in [-0.3, -0.25) is 0 Å². The normalized spacial score (nSPS) is 6.60. The van der Waals surface area contributed by atoms with Crippen LogP contribution in [0.15, 0.2) is 0 Å². The fourth-order valence-electron chi connectivity index (χ4n) is 0. The molecule has 0 aliphatic carbocycles. The number of hydrogen-bond acceptors (Lipinski definition) is 1. The third-order valence-electron chi connectivity index (χ3n) is 0.500. The Morgan fingerprint density at radius 3 is 0.900 bits per heavy atom. The van der Waals surface area contributed by atoms with Crippen molar-refractivity contribution in [1.29, 1.82) is 0 Å². The predicted molar refractivity (Wildman–Crippen MR) is 53.7 cm³/mol. The summed E-state index contributed by atoms with van der Waals surface area (Å²) in [5.74, 6) is 0. The monoisotopic (exact) mass is 149 g/mol. The average molecular weight is 149 g/mol. The molecule has 0 heterocycles. The van der Waals surface area contributed by atoms with Crippen molar-refractivity contribution in [3.63, 3.8) is 0 Å². The molecule has 0 aromatic heterocycles. The summed E-state index contributed by atoms with van der Waals surface area (Å²) < 4.78 is 0. The summed E-state index contributed by atoms with van der Waals surface area (Å²) in [5.41, 5.74) is 0. The molecule has 0 aromatic carbocycles. The molecule has 0 aliphatic rings. The second-order valence-corrected chi connectivity index (χ2v) is 2.34. The van der Waals surface area contributed by atoms with E-state index in [1.807, 2.05) is 26.0 Å². The summed E-state index contributed by atoms with van der Waals surface area (Å²) in [6, 6.07) is 0. The van der Waals surface area contributed by atoms with Crippen molar-refractivity contribution in [2.24, 2.45) is 0 Å². The van der Waals surface area contributed by atoms with Gasteiger partial charge < -0.3 is 4.90 Å². The molecule has 1 nitrogen and oxygen atoms in total. The highest BCUT2D eigenvalue weighted by molar-refractivity contribution is 4.12. The van der Waals surface area contributed by atoms with Crippen LogP contribution in [0.1, 0.15) is 41.5 Å². The van der Waals surface area contributed by atoms with Crippen molar-refractivity contribution in [2.75, 3.05) is 21.1 Å². The summed E-state index contributed by atoms with van der Waals surface area (Å²) >= 11 is 0. The van der Waals surface area contributed by atoms with Crippen molar-refractivity contribution in [1.82, 2.24) is 4.90 Å². The summed E-state index contributed by atoms with van der Waals surface area (Å²) in [5, 5.41) is 0. The minimum Gasteiger partial charge on any atom is -0.312 e. The third-order valence-corrected chi connectivity index (χ3v) is 0.500. The zero-order valence-electron chi connectivity index (χ0n) is 6.86. The van der Waals surface area contributed by atoms with Crippen molar-refractivity contribution < 1.29 is 0 Å². The van der Waals surface area contributed by atoms with Crippen molar-refractivity contribution in [2.45, 2.75) is 41.5 Å². The van der Waals surface area contributed by atoms with Gasteiger partial charge in [-0.2, -0.15) is 0 Å². The van der Waals surface area contributed by atoms with Crippen LogP contribution in [-0.2, 0) is 0 Å². The molecular weight excluding hydrogens is 122 g/mol. The molecule has 0 saturated carbocycles. The van der Waals surface area contributed by atoms with Gasteiger partial charge >= 0.3 is 0 Å². The lowest BCUT2D eigenvalue weighted by Crippen LogP contribution is -1.99. The molecule has 0 radical (unpaired) electrons. The molecule has 0 amide bonds. The lowest BCUT2D eigenvalue weighted by Gasteiger charge is -1.90. The van der Waals surface area contributed by atoms with Crippen LogP contribution in [0, 0.1) is 0 Å². The van der Waals surface area contributed by atoms with Gasteiger partial charge in [-0.05, 0) is 21.1 Å². The molecular formula is C9H27N. The molecule has 0 bridgehead atoms. The fourth-order valence-corrected chi connectivity index (χ4v) is 0. The van der Waals surface area contributed by atoms with Crippen LogP contribution in [0.2, 0.25) is 0 Å². The third kappa shape index (κ3) is 418. The maximum absolute atomic E-state index is 2.18. The van der Waals surface area contributed by atoms with E-state index in [0.717, 1.165) is 0 Å². The standard InChI is InChI=1S/C4H10.C3H9N.2CH4/c1-3-4-2;1-4(2)3;;/h3-4H2,1-2H3;1-3H3;2*1H4. The largest absolute Gasteiger partial charge is 0.312 e. The first-order chi connectivity index (χ1) is 3.65. The maximum Gasteiger partial charge on any atom is -0.0140 e. The lowest BCUT2D eigenvalue weighted by molar-refractivity contribution is 0.505. The highest BCUT2D eigenvalue weighted by Gasteiger charge is 1.58. The van der Waals surface area contributed by atoms with Crippen molar-refractivity contribution >= 4 is 0 Å². The molecule has 0 fully saturated rings. The van der Waals surface area contributed by atoms with Crippen LogP contribution in [-0.4, -0.2) is 26.0 Å². The van der Waals surface area contributed by atoms with E-state index in [4.69, 9.17) is 0 Å². The summed E-state index contributed by atoms with van der Waals surface area (Å²) in [6.45, 7) is 4.36. The van der Waals surface area contributed by atoms with Crippen LogP contribution in [0.5, 0.6) is 0 Å². The maximum atomic E-state index is 2.18. The molecule has 0 rings (SSSR count). The first kappa shape index (κ1) is 22.5. The Labute approximate surface area is 68.4 Å². The quantitative estimate of drug-likeness (QED) is 0.553. The van der Waals surface area contributed by atoms with Gasteiger partial charge in [0.15, 0.2) is 0 Å². The van der Waals surface area contributed by atoms with E-state index in [1.54, 1.807) is 0 Å². The van der Waals surface area contributed by atoms with Gasteiger partial charge in [0.2, 0.25) is 0 Å². The average Bonchev–Trinajstić information content (AvgIpc) is 1.65. The Bertz CT molecular complexity index is 21.2. The molecule has 0 saturated heterocycles. The molecule has 0 aromatic rings. The summed E-state index contributed by atoms with van der Waals surface area (Å²) in [4.78, 5) is 2.00. The van der Waals surface area contributed by atoms with E-state index < -0.39 is 0 Å². The molecule has 0 atom stereocenters. The second kappa shape index (κ2) is 23.1. The Hall–Kier alpha value is -0.0400. The van der Waals surface area contributed by atoms with Crippen LogP contribution < -0.4 is 0 Å². The van der Waals surface area contributed by atoms with E-state index in [9.17, 15) is 0 Å². The zero-order chi connectivity index (χ0) is 6.99. The number of nitrogens with zero attached hydrogens (tertiary/aromatic N) is 1. The van der Waals surface area contributed by atoms with E-state index in [1.165, 1.54) is 12.8 Å². The van der Waals surface area contributed by atoms with Gasteiger partial charge in [0.25, 0.3) is 0 Å². The van der Waals surface area contributed by atoms with Gasteiger partial charge in [-0.15, -0.1) is 0 Å². The molecule has 0 spiro atoms. The lowest BCUT2D eigenvalue weighted by atomic mass is 10.4. The summed E-state index contributed by atoms with van der Waals surface area (Å²) in [7, 11) is 6.00. The van der Waals surface area contributed by atoms with Crippen LogP contribution in [0.25, 0.3) is 0 Å². The van der Waals surface area contributed by atoms with Gasteiger partial charge in [0.1, 0.15) is 0 Å².